The summed E-state index contributed by atoms with van der Waals surface area (Å²) in [5.74, 6) is -3.62. The van der Waals surface area contributed by atoms with Gasteiger partial charge in [-0.3, -0.25) is 19.5 Å². The third kappa shape index (κ3) is 4.46. The van der Waals surface area contributed by atoms with Gasteiger partial charge in [0.15, 0.2) is 0 Å². The number of pyridine rings is 1. The van der Waals surface area contributed by atoms with E-state index in [1.807, 2.05) is 27.7 Å². The fourth-order valence-corrected chi connectivity index (χ4v) is 4.27. The minimum atomic E-state index is -1.27. The van der Waals surface area contributed by atoms with E-state index in [1.165, 1.54) is 6.20 Å². The Balaban J connectivity index is 1.96. The van der Waals surface area contributed by atoms with Crippen LogP contribution in [0.15, 0.2) is 66.4 Å². The number of aliphatic hydroxyl groups excluding tert-OH is 1. The number of rotatable bonds is 5. The second kappa shape index (κ2) is 9.53. The van der Waals surface area contributed by atoms with E-state index in [1.54, 1.807) is 36.4 Å². The molecule has 8 heteroatoms. The molecular formula is C28H26F2N2O4. The van der Waals surface area contributed by atoms with Crippen molar-refractivity contribution in [1.29, 1.82) is 0 Å². The van der Waals surface area contributed by atoms with Crippen LogP contribution in [0.25, 0.3) is 5.76 Å². The van der Waals surface area contributed by atoms with Crippen LogP contribution in [0.5, 0.6) is 5.75 Å². The van der Waals surface area contributed by atoms with Gasteiger partial charge in [-0.25, -0.2) is 8.78 Å². The molecule has 2 heterocycles. The highest BCUT2D eigenvalue weighted by Crippen LogP contribution is 2.43. The Labute approximate surface area is 207 Å². The van der Waals surface area contributed by atoms with Gasteiger partial charge >= 0.3 is 0 Å². The fourth-order valence-electron chi connectivity index (χ4n) is 4.27. The molecule has 36 heavy (non-hydrogen) atoms. The third-order valence-corrected chi connectivity index (χ3v) is 5.94. The summed E-state index contributed by atoms with van der Waals surface area (Å²) in [4.78, 5) is 31.5. The van der Waals surface area contributed by atoms with Gasteiger partial charge in [0, 0.05) is 23.4 Å². The van der Waals surface area contributed by atoms with Crippen molar-refractivity contribution >= 4 is 23.1 Å². The van der Waals surface area contributed by atoms with Gasteiger partial charge in [0.05, 0.1) is 23.6 Å². The van der Waals surface area contributed by atoms with Gasteiger partial charge in [0.2, 0.25) is 0 Å². The Morgan fingerprint density at radius 3 is 2.47 bits per heavy atom. The molecule has 2 aromatic carbocycles. The first kappa shape index (κ1) is 25.0. The number of amides is 1. The van der Waals surface area contributed by atoms with Gasteiger partial charge in [-0.15, -0.1) is 0 Å². The molecule has 0 bridgehead atoms. The number of anilines is 1. The molecule has 1 atom stereocenters. The molecule has 6 nitrogen and oxygen atoms in total. The van der Waals surface area contributed by atoms with Crippen LogP contribution in [0.2, 0.25) is 0 Å². The topological polar surface area (TPSA) is 79.7 Å². The van der Waals surface area contributed by atoms with Crippen molar-refractivity contribution in [3.05, 3.63) is 94.8 Å². The van der Waals surface area contributed by atoms with Crippen molar-refractivity contribution in [2.75, 3.05) is 11.5 Å². The summed E-state index contributed by atoms with van der Waals surface area (Å²) in [5, 5.41) is 11.4. The first-order valence-corrected chi connectivity index (χ1v) is 11.5. The zero-order valence-electron chi connectivity index (χ0n) is 20.4. The molecule has 1 saturated heterocycles. The standard InChI is InChI=1S/C28H26F2N2O4/c1-5-36-22-12-9-16(14-18(22)28(2,3)4)25(33)23-24(20-8-6-7-13-31-20)32(27(35)26(23)34)21-15-17(29)10-11-19(21)30/h6-15,24,33H,5H2,1-4H3/b25-23-. The Morgan fingerprint density at radius 1 is 1.08 bits per heavy atom. The maximum Gasteiger partial charge on any atom is 0.300 e. The Morgan fingerprint density at radius 2 is 1.83 bits per heavy atom. The van der Waals surface area contributed by atoms with Gasteiger partial charge < -0.3 is 9.84 Å². The highest BCUT2D eigenvalue weighted by Gasteiger charge is 2.48. The number of ether oxygens (including phenoxy) is 1. The molecule has 1 N–H and O–H groups in total. The molecule has 1 aliphatic rings. The molecule has 0 saturated carbocycles. The van der Waals surface area contributed by atoms with Gasteiger partial charge in [-0.2, -0.15) is 0 Å². The minimum absolute atomic E-state index is 0.212. The highest BCUT2D eigenvalue weighted by molar-refractivity contribution is 6.51. The summed E-state index contributed by atoms with van der Waals surface area (Å²) in [6, 6.07) is 11.2. The number of hydrogen-bond donors (Lipinski definition) is 1. The molecule has 4 rings (SSSR count). The Kier molecular flexibility index (Phi) is 6.63. The second-order valence-corrected chi connectivity index (χ2v) is 9.41. The lowest BCUT2D eigenvalue weighted by Crippen LogP contribution is -2.30. The number of halogens is 2. The lowest BCUT2D eigenvalue weighted by molar-refractivity contribution is -0.132. The van der Waals surface area contributed by atoms with E-state index < -0.39 is 40.8 Å². The maximum absolute atomic E-state index is 14.8. The zero-order valence-corrected chi connectivity index (χ0v) is 20.4. The number of Topliss-reactive ketones (excluding diaryl/α,β-unsaturated/α-hetero) is 1. The van der Waals surface area contributed by atoms with Crippen molar-refractivity contribution < 1.29 is 28.2 Å². The van der Waals surface area contributed by atoms with E-state index in [9.17, 15) is 23.5 Å². The predicted octanol–water partition coefficient (Wildman–Crippen LogP) is 5.68. The van der Waals surface area contributed by atoms with Crippen molar-refractivity contribution in [2.45, 2.75) is 39.2 Å². The van der Waals surface area contributed by atoms with Gasteiger partial charge in [-0.1, -0.05) is 26.8 Å². The average molecular weight is 493 g/mol. The number of benzene rings is 2. The van der Waals surface area contributed by atoms with E-state index in [0.29, 0.717) is 12.4 Å². The van der Waals surface area contributed by atoms with E-state index in [4.69, 9.17) is 4.74 Å². The molecule has 1 fully saturated rings. The normalized spacial score (nSPS) is 17.5. The van der Waals surface area contributed by atoms with Gasteiger partial charge in [0.1, 0.15) is 29.2 Å². The largest absolute Gasteiger partial charge is 0.507 e. The molecule has 1 aromatic heterocycles. The monoisotopic (exact) mass is 492 g/mol. The van der Waals surface area contributed by atoms with Crippen LogP contribution in [0.3, 0.4) is 0 Å². The summed E-state index contributed by atoms with van der Waals surface area (Å²) < 4.78 is 34.6. The molecule has 3 aromatic rings. The summed E-state index contributed by atoms with van der Waals surface area (Å²) in [6.45, 7) is 8.25. The fraction of sp³-hybridized carbons (Fsp3) is 0.250. The number of carbonyl (C=O) groups excluding carboxylic acids is 2. The number of nitrogens with zero attached hydrogens (tertiary/aromatic N) is 2. The molecule has 0 spiro atoms. The van der Waals surface area contributed by atoms with E-state index in [-0.39, 0.29) is 22.2 Å². The zero-order chi connectivity index (χ0) is 26.2. The van der Waals surface area contributed by atoms with Crippen molar-refractivity contribution in [1.82, 2.24) is 4.98 Å². The van der Waals surface area contributed by atoms with Crippen LogP contribution in [0.1, 0.15) is 50.6 Å². The summed E-state index contributed by atoms with van der Waals surface area (Å²) in [5.41, 5.74) is 0.220. The van der Waals surface area contributed by atoms with Gasteiger partial charge in [0.25, 0.3) is 11.7 Å². The third-order valence-electron chi connectivity index (χ3n) is 5.94. The van der Waals surface area contributed by atoms with Crippen molar-refractivity contribution in [3.63, 3.8) is 0 Å². The molecule has 0 aliphatic carbocycles. The quantitative estimate of drug-likeness (QED) is 0.282. The smallest absolute Gasteiger partial charge is 0.300 e. The molecule has 186 valence electrons. The Hall–Kier alpha value is -4.07. The van der Waals surface area contributed by atoms with Crippen LogP contribution in [0.4, 0.5) is 14.5 Å². The van der Waals surface area contributed by atoms with Crippen molar-refractivity contribution in [2.24, 2.45) is 0 Å². The number of ketones is 1. The first-order valence-electron chi connectivity index (χ1n) is 11.5. The molecule has 1 amide bonds. The number of carbonyl (C=O) groups is 2. The lowest BCUT2D eigenvalue weighted by Gasteiger charge is -2.25. The maximum atomic E-state index is 14.8. The SMILES string of the molecule is CCOc1ccc(/C(O)=C2/C(=O)C(=O)N(c3cc(F)ccc3F)C2c2ccccn2)cc1C(C)(C)C. The van der Waals surface area contributed by atoms with E-state index >= 15 is 0 Å². The molecular weight excluding hydrogens is 466 g/mol. The number of aromatic nitrogens is 1. The number of aliphatic hydroxyl groups is 1. The highest BCUT2D eigenvalue weighted by atomic mass is 19.1. The van der Waals surface area contributed by atoms with E-state index in [2.05, 4.69) is 4.98 Å². The van der Waals surface area contributed by atoms with Crippen LogP contribution in [0, 0.1) is 11.6 Å². The predicted molar refractivity (Wildman–Crippen MR) is 132 cm³/mol. The summed E-state index contributed by atoms with van der Waals surface area (Å²) >= 11 is 0. The van der Waals surface area contributed by atoms with Crippen LogP contribution in [-0.4, -0.2) is 28.4 Å². The van der Waals surface area contributed by atoms with Gasteiger partial charge in [-0.05, 0) is 54.8 Å². The molecule has 1 unspecified atom stereocenters. The average Bonchev–Trinajstić information content (AvgIpc) is 3.11. The van der Waals surface area contributed by atoms with Crippen molar-refractivity contribution in [3.8, 4) is 5.75 Å². The second-order valence-electron chi connectivity index (χ2n) is 9.41. The summed E-state index contributed by atoms with van der Waals surface area (Å²) in [6.07, 6.45) is 1.45. The van der Waals surface area contributed by atoms with Crippen LogP contribution < -0.4 is 9.64 Å². The van der Waals surface area contributed by atoms with E-state index in [0.717, 1.165) is 28.7 Å². The Bertz CT molecular complexity index is 1360. The molecule has 0 radical (unpaired) electrons. The summed E-state index contributed by atoms with van der Waals surface area (Å²) in [7, 11) is 0. The van der Waals surface area contributed by atoms with Crippen LogP contribution in [-0.2, 0) is 15.0 Å². The van der Waals surface area contributed by atoms with Crippen LogP contribution >= 0.6 is 0 Å². The number of hydrogen-bond acceptors (Lipinski definition) is 5. The minimum Gasteiger partial charge on any atom is -0.507 e. The molecule has 1 aliphatic heterocycles. The lowest BCUT2D eigenvalue weighted by atomic mass is 9.84. The first-order chi connectivity index (χ1) is 17.0.